The molecule has 3 aromatic rings. The number of nitrogens with one attached hydrogen (secondary N) is 2. The largest absolute Gasteiger partial charge is 0.497 e. The second-order valence-corrected chi connectivity index (χ2v) is 7.48. The smallest absolute Gasteiger partial charge is 0.304 e. The van der Waals surface area contributed by atoms with Crippen molar-refractivity contribution in [3.63, 3.8) is 0 Å². The molecule has 2 N–H and O–H groups in total. The van der Waals surface area contributed by atoms with Gasteiger partial charge in [0.05, 0.1) is 17.7 Å². The van der Waals surface area contributed by atoms with Crippen molar-refractivity contribution < 1.29 is 19.0 Å². The average Bonchev–Trinajstić information content (AvgIpc) is 3.10. The highest BCUT2D eigenvalue weighted by atomic mass is 35.5. The lowest BCUT2D eigenvalue weighted by molar-refractivity contribution is -0.596. The van der Waals surface area contributed by atoms with E-state index in [9.17, 15) is 9.59 Å². The van der Waals surface area contributed by atoms with Crippen molar-refractivity contribution in [3.05, 3.63) is 101 Å². The number of halogens is 1. The van der Waals surface area contributed by atoms with E-state index in [1.165, 1.54) is 0 Å². The van der Waals surface area contributed by atoms with Gasteiger partial charge in [0.25, 0.3) is 5.91 Å². The zero-order chi connectivity index (χ0) is 21.8. The Kier molecular flexibility index (Phi) is 6.00. The molecule has 6 nitrogen and oxygen atoms in total. The van der Waals surface area contributed by atoms with Crippen LogP contribution in [0.1, 0.15) is 27.5 Å². The van der Waals surface area contributed by atoms with Crippen molar-refractivity contribution in [2.24, 2.45) is 0 Å². The Hall–Kier alpha value is -3.64. The summed E-state index contributed by atoms with van der Waals surface area (Å²) >= 11 is 6.31. The molecule has 0 spiro atoms. The fraction of sp³-hybridized carbons (Fsp3) is 0.125. The first-order valence-electron chi connectivity index (χ1n) is 9.75. The van der Waals surface area contributed by atoms with Gasteiger partial charge in [0, 0.05) is 11.1 Å². The molecule has 156 valence electrons. The molecule has 1 fully saturated rings. The quantitative estimate of drug-likeness (QED) is 0.605. The summed E-state index contributed by atoms with van der Waals surface area (Å²) in [6.07, 6.45) is 1.78. The van der Waals surface area contributed by atoms with Crippen LogP contribution in [0.5, 0.6) is 5.75 Å². The monoisotopic (exact) mass is 434 g/mol. The molecule has 1 heterocycles. The van der Waals surface area contributed by atoms with E-state index in [0.717, 1.165) is 11.1 Å². The highest BCUT2D eigenvalue weighted by molar-refractivity contribution is 6.32. The van der Waals surface area contributed by atoms with Crippen LogP contribution in [-0.2, 0) is 4.79 Å². The van der Waals surface area contributed by atoms with Crippen LogP contribution in [0.2, 0.25) is 5.02 Å². The Morgan fingerprint density at radius 3 is 2.39 bits per heavy atom. The maximum Gasteiger partial charge on any atom is 0.304 e. The molecule has 31 heavy (non-hydrogen) atoms. The third kappa shape index (κ3) is 4.44. The number of carbonyl (C=O) groups excluding carboxylic acids is 2. The van der Waals surface area contributed by atoms with Gasteiger partial charge in [-0.3, -0.25) is 9.59 Å². The number of hydrazone groups is 1. The lowest BCUT2D eigenvalue weighted by Gasteiger charge is -2.15. The number of benzene rings is 3. The minimum absolute atomic E-state index is 0.306. The molecule has 7 heteroatoms. The normalized spacial score (nSPS) is 19.2. The number of methoxy groups -OCH3 is 1. The van der Waals surface area contributed by atoms with Gasteiger partial charge < -0.3 is 10.1 Å². The number of hydrogen-bond acceptors (Lipinski definition) is 3. The average molecular weight is 435 g/mol. The van der Waals surface area contributed by atoms with E-state index >= 15 is 0 Å². The molecule has 1 saturated heterocycles. The third-order valence-corrected chi connectivity index (χ3v) is 5.44. The summed E-state index contributed by atoms with van der Waals surface area (Å²) < 4.78 is 6.83. The maximum atomic E-state index is 12.9. The van der Waals surface area contributed by atoms with Gasteiger partial charge in [-0.25, -0.2) is 0 Å². The summed E-state index contributed by atoms with van der Waals surface area (Å²) in [4.78, 5) is 25.7. The summed E-state index contributed by atoms with van der Waals surface area (Å²) in [7, 11) is 1.56. The van der Waals surface area contributed by atoms with Crippen LogP contribution in [-0.4, -0.2) is 35.9 Å². The van der Waals surface area contributed by atoms with Gasteiger partial charge in [-0.2, -0.15) is 0 Å². The summed E-state index contributed by atoms with van der Waals surface area (Å²) in [6, 6.07) is 22.4. The van der Waals surface area contributed by atoms with Crippen LogP contribution in [0.25, 0.3) is 0 Å². The molecule has 0 aliphatic carbocycles. The van der Waals surface area contributed by atoms with Crippen LogP contribution in [0.15, 0.2) is 78.9 Å². The Labute approximate surface area is 185 Å². The Balaban J connectivity index is 1.68. The van der Waals surface area contributed by atoms with Gasteiger partial charge in [0.1, 0.15) is 5.75 Å². The van der Waals surface area contributed by atoms with Gasteiger partial charge in [-0.1, -0.05) is 54.1 Å². The van der Waals surface area contributed by atoms with Gasteiger partial charge in [-0.15, -0.1) is 10.1 Å². The first-order valence-corrected chi connectivity index (χ1v) is 10.1. The van der Waals surface area contributed by atoms with Crippen molar-refractivity contribution in [2.45, 2.75) is 12.1 Å². The first kappa shape index (κ1) is 20.6. The number of hydrogen-bond donors (Lipinski definition) is 2. The molecule has 0 aromatic heterocycles. The van der Waals surface area contributed by atoms with Crippen molar-refractivity contribution in [1.82, 2.24) is 10.7 Å². The molecular formula is C24H21ClN3O3+. The summed E-state index contributed by atoms with van der Waals surface area (Å²) in [6.45, 7) is 0. The van der Waals surface area contributed by atoms with Crippen LogP contribution >= 0.6 is 11.6 Å². The summed E-state index contributed by atoms with van der Waals surface area (Å²) in [5, 5.41) is 3.44. The number of carbonyl (C=O) groups is 2. The minimum atomic E-state index is -0.796. The molecule has 4 rings (SSSR count). The van der Waals surface area contributed by atoms with E-state index in [4.69, 9.17) is 16.3 Å². The molecule has 0 radical (unpaired) electrons. The lowest BCUT2D eigenvalue weighted by atomic mass is 10.00. The number of rotatable bonds is 5. The minimum Gasteiger partial charge on any atom is -0.497 e. The molecule has 0 saturated carbocycles. The first-order chi connectivity index (χ1) is 15.1. The molecule has 2 amide bonds. The van der Waals surface area contributed by atoms with Crippen LogP contribution in [0.3, 0.4) is 0 Å². The molecular weight excluding hydrogens is 414 g/mol. The van der Waals surface area contributed by atoms with Crippen LogP contribution in [0, 0.1) is 0 Å². The van der Waals surface area contributed by atoms with E-state index in [2.05, 4.69) is 10.7 Å². The van der Waals surface area contributed by atoms with Crippen molar-refractivity contribution >= 4 is 29.6 Å². The van der Waals surface area contributed by atoms with E-state index in [1.807, 2.05) is 48.5 Å². The highest BCUT2D eigenvalue weighted by Crippen LogP contribution is 2.26. The summed E-state index contributed by atoms with van der Waals surface area (Å²) in [5.74, 6) is 0.000169. The predicted molar refractivity (Wildman–Crippen MR) is 118 cm³/mol. The van der Waals surface area contributed by atoms with Gasteiger partial charge >= 0.3 is 5.91 Å². The Morgan fingerprint density at radius 2 is 1.71 bits per heavy atom. The third-order valence-electron chi connectivity index (χ3n) is 5.10. The van der Waals surface area contributed by atoms with Gasteiger partial charge in [-0.05, 0) is 36.4 Å². The number of amides is 2. The topological polar surface area (TPSA) is 70.4 Å². The molecule has 0 unspecified atom stereocenters. The standard InChI is InChI=1S/C24H20ClN3O3/c1-31-19-13-11-17(12-14-19)23(29)26-21-22(16-7-3-2-4-8-16)28(27-24(21)30)15-18-9-5-6-10-20(18)25/h2-15,21-22H,1H3,(H-,26,27,29,30)/p+1/b28-15-/t21-,22+/m1/s1. The van der Waals surface area contributed by atoms with Gasteiger partial charge in [0.15, 0.2) is 6.04 Å². The van der Waals surface area contributed by atoms with E-state index in [0.29, 0.717) is 16.3 Å². The molecule has 1 aliphatic heterocycles. The van der Waals surface area contributed by atoms with Crippen LogP contribution in [0.4, 0.5) is 0 Å². The van der Waals surface area contributed by atoms with Crippen molar-refractivity contribution in [3.8, 4) is 5.75 Å². The van der Waals surface area contributed by atoms with Crippen LogP contribution < -0.4 is 15.5 Å². The molecule has 0 bridgehead atoms. The molecule has 3 aromatic carbocycles. The highest BCUT2D eigenvalue weighted by Gasteiger charge is 2.47. The second-order valence-electron chi connectivity index (χ2n) is 7.07. The number of nitrogens with zero attached hydrogens (tertiary/aromatic N) is 1. The van der Waals surface area contributed by atoms with E-state index in [1.54, 1.807) is 48.3 Å². The SMILES string of the molecule is COc1ccc(C(=O)N[C@H]2C(=O)N/[N+](=C\c3ccccc3Cl)[C@H]2c2ccccc2)cc1. The molecule has 1 aliphatic rings. The lowest BCUT2D eigenvalue weighted by Crippen LogP contribution is -2.42. The van der Waals surface area contributed by atoms with E-state index < -0.39 is 12.1 Å². The predicted octanol–water partition coefficient (Wildman–Crippen LogP) is 3.36. The summed E-state index contributed by atoms with van der Waals surface area (Å²) in [5.41, 5.74) is 4.92. The Bertz CT molecular complexity index is 1130. The van der Waals surface area contributed by atoms with Gasteiger partial charge in [0.2, 0.25) is 12.3 Å². The van der Waals surface area contributed by atoms with E-state index in [-0.39, 0.29) is 11.8 Å². The second kappa shape index (κ2) is 9.02. The van der Waals surface area contributed by atoms with Crippen molar-refractivity contribution in [1.29, 1.82) is 0 Å². The Morgan fingerprint density at radius 1 is 1.03 bits per heavy atom. The molecule has 2 atom stereocenters. The zero-order valence-electron chi connectivity index (χ0n) is 16.8. The number of hydrazine groups is 1. The fourth-order valence-electron chi connectivity index (χ4n) is 3.53. The zero-order valence-corrected chi connectivity index (χ0v) is 17.5. The fourth-order valence-corrected chi connectivity index (χ4v) is 3.71. The number of ether oxygens (including phenoxy) is 1. The van der Waals surface area contributed by atoms with Crippen molar-refractivity contribution in [2.75, 3.05) is 7.11 Å². The maximum absolute atomic E-state index is 12.9.